The highest BCUT2D eigenvalue weighted by molar-refractivity contribution is 7.73. The molecule has 1 aromatic heterocycles. The van der Waals surface area contributed by atoms with Crippen LogP contribution >= 0.6 is 23.6 Å². The topological polar surface area (TPSA) is 36.0 Å². The maximum absolute atomic E-state index is 9.45. The molecule has 0 bridgehead atoms. The van der Waals surface area contributed by atoms with Crippen molar-refractivity contribution in [3.05, 3.63) is 15.0 Å². The molecule has 0 atom stereocenters. The highest BCUT2D eigenvalue weighted by Gasteiger charge is 2.16. The molecule has 0 amide bonds. The van der Waals surface area contributed by atoms with Crippen molar-refractivity contribution < 1.29 is 5.11 Å². The quantitative estimate of drug-likeness (QED) is 0.641. The Hall–Kier alpha value is -0.190. The van der Waals surface area contributed by atoms with Gasteiger partial charge in [0.25, 0.3) is 0 Å². The van der Waals surface area contributed by atoms with Crippen LogP contribution in [0.1, 0.15) is 18.7 Å². The van der Waals surface area contributed by atoms with Crippen molar-refractivity contribution >= 4 is 23.6 Å². The first kappa shape index (κ1) is 7.91. The maximum atomic E-state index is 9.45. The second kappa shape index (κ2) is 2.45. The fourth-order valence-electron chi connectivity index (χ4n) is 0.585. The van der Waals surface area contributed by atoms with E-state index < -0.39 is 5.60 Å². The van der Waals surface area contributed by atoms with Crippen molar-refractivity contribution in [2.75, 3.05) is 0 Å². The third-order valence-corrected chi connectivity index (χ3v) is 2.64. The predicted molar refractivity (Wildman–Crippen MR) is 44.7 cm³/mol. The lowest BCUT2D eigenvalue weighted by Gasteiger charge is -2.12. The average Bonchev–Trinajstić information content (AvgIpc) is 2.11. The minimum Gasteiger partial charge on any atom is -0.385 e. The molecule has 1 rings (SSSR count). The number of thiazole rings is 1. The maximum Gasteiger partial charge on any atom is 0.158 e. The van der Waals surface area contributed by atoms with Gasteiger partial charge in [0, 0.05) is 6.20 Å². The molecule has 0 fully saturated rings. The van der Waals surface area contributed by atoms with E-state index in [1.165, 1.54) is 11.3 Å². The summed E-state index contributed by atoms with van der Waals surface area (Å²) < 4.78 is 0.706. The predicted octanol–water partition coefficient (Wildman–Crippen LogP) is 2.03. The molecule has 1 aromatic rings. The summed E-state index contributed by atoms with van der Waals surface area (Å²) in [6, 6.07) is 0. The van der Waals surface area contributed by atoms with E-state index in [1.807, 2.05) is 0 Å². The second-order valence-corrected chi connectivity index (χ2v) is 4.32. The Morgan fingerprint density at radius 2 is 2.30 bits per heavy atom. The van der Waals surface area contributed by atoms with Crippen molar-refractivity contribution in [3.63, 3.8) is 0 Å². The highest BCUT2D eigenvalue weighted by Crippen LogP contribution is 2.23. The monoisotopic (exact) mass is 175 g/mol. The molecule has 0 aliphatic carbocycles. The summed E-state index contributed by atoms with van der Waals surface area (Å²) in [6.07, 6.45) is 1.74. The van der Waals surface area contributed by atoms with Gasteiger partial charge in [0.15, 0.2) is 3.95 Å². The van der Waals surface area contributed by atoms with Gasteiger partial charge in [0.05, 0.1) is 10.5 Å². The first-order valence-electron chi connectivity index (χ1n) is 2.91. The van der Waals surface area contributed by atoms with Crippen molar-refractivity contribution in [2.24, 2.45) is 0 Å². The SMILES string of the molecule is CC(C)(O)c1c[nH]c(=S)s1. The Bertz CT molecular complexity index is 268. The molecule has 0 spiro atoms. The highest BCUT2D eigenvalue weighted by atomic mass is 32.1. The third-order valence-electron chi connectivity index (χ3n) is 1.13. The summed E-state index contributed by atoms with van der Waals surface area (Å²) in [5, 5.41) is 9.45. The van der Waals surface area contributed by atoms with Crippen LogP contribution < -0.4 is 0 Å². The van der Waals surface area contributed by atoms with Gasteiger partial charge in [0.2, 0.25) is 0 Å². The van der Waals surface area contributed by atoms with E-state index in [0.29, 0.717) is 3.95 Å². The standard InChI is InChI=1S/C6H9NOS2/c1-6(2,8)4-3-7-5(9)10-4/h3,8H,1-2H3,(H,7,9). The van der Waals surface area contributed by atoms with E-state index in [2.05, 4.69) is 4.98 Å². The van der Waals surface area contributed by atoms with Crippen LogP contribution in [0, 0.1) is 3.95 Å². The lowest BCUT2D eigenvalue weighted by molar-refractivity contribution is 0.0823. The number of aliphatic hydroxyl groups is 1. The zero-order valence-corrected chi connectivity index (χ0v) is 7.47. The minimum atomic E-state index is -0.766. The van der Waals surface area contributed by atoms with Gasteiger partial charge in [-0.2, -0.15) is 0 Å². The number of hydrogen-bond acceptors (Lipinski definition) is 3. The lowest BCUT2D eigenvalue weighted by atomic mass is 10.1. The third kappa shape index (κ3) is 1.65. The molecule has 0 unspecified atom stereocenters. The molecule has 1 heterocycles. The molecule has 0 aliphatic rings. The number of nitrogens with one attached hydrogen (secondary N) is 1. The van der Waals surface area contributed by atoms with Crippen LogP contribution in [-0.4, -0.2) is 10.1 Å². The first-order valence-corrected chi connectivity index (χ1v) is 4.14. The minimum absolute atomic E-state index is 0.706. The van der Waals surface area contributed by atoms with E-state index in [0.717, 1.165) is 4.88 Å². The molecule has 0 radical (unpaired) electrons. The Labute approximate surface area is 68.5 Å². The van der Waals surface area contributed by atoms with Crippen LogP contribution in [0.15, 0.2) is 6.20 Å². The van der Waals surface area contributed by atoms with E-state index in [-0.39, 0.29) is 0 Å². The van der Waals surface area contributed by atoms with Gasteiger partial charge in [-0.15, -0.1) is 11.3 Å². The molecule has 0 saturated heterocycles. The fourth-order valence-corrected chi connectivity index (χ4v) is 1.60. The largest absolute Gasteiger partial charge is 0.385 e. The summed E-state index contributed by atoms with van der Waals surface area (Å²) in [6.45, 7) is 3.48. The number of H-pyrrole nitrogens is 1. The van der Waals surface area contributed by atoms with Crippen LogP contribution in [0.5, 0.6) is 0 Å². The van der Waals surface area contributed by atoms with Crippen LogP contribution in [0.2, 0.25) is 0 Å². The van der Waals surface area contributed by atoms with E-state index in [4.69, 9.17) is 12.2 Å². The second-order valence-electron chi connectivity index (χ2n) is 2.60. The first-order chi connectivity index (χ1) is 4.50. The molecule has 0 saturated carbocycles. The van der Waals surface area contributed by atoms with Gasteiger partial charge < -0.3 is 10.1 Å². The summed E-state index contributed by atoms with van der Waals surface area (Å²) in [5.41, 5.74) is -0.766. The molecule has 2 nitrogen and oxygen atoms in total. The number of hydrogen-bond donors (Lipinski definition) is 2. The van der Waals surface area contributed by atoms with Gasteiger partial charge in [-0.1, -0.05) is 0 Å². The van der Waals surface area contributed by atoms with Gasteiger partial charge >= 0.3 is 0 Å². The van der Waals surface area contributed by atoms with Crippen molar-refractivity contribution in [2.45, 2.75) is 19.4 Å². The van der Waals surface area contributed by atoms with Crippen LogP contribution in [0.4, 0.5) is 0 Å². The molecule has 2 N–H and O–H groups in total. The molecule has 56 valence electrons. The molecule has 0 aliphatic heterocycles. The van der Waals surface area contributed by atoms with E-state index >= 15 is 0 Å². The number of aromatic amines is 1. The van der Waals surface area contributed by atoms with E-state index in [9.17, 15) is 5.11 Å². The lowest BCUT2D eigenvalue weighted by Crippen LogP contribution is -2.12. The molecular formula is C6H9NOS2. The Morgan fingerprint density at radius 1 is 1.70 bits per heavy atom. The summed E-state index contributed by atoms with van der Waals surface area (Å²) >= 11 is 6.26. The smallest absolute Gasteiger partial charge is 0.158 e. The average molecular weight is 175 g/mol. The number of aromatic nitrogens is 1. The molecular weight excluding hydrogens is 166 g/mol. The van der Waals surface area contributed by atoms with Crippen LogP contribution in [0.25, 0.3) is 0 Å². The number of rotatable bonds is 1. The van der Waals surface area contributed by atoms with Gasteiger partial charge in [-0.05, 0) is 26.1 Å². The summed E-state index contributed by atoms with van der Waals surface area (Å²) in [5.74, 6) is 0. The Morgan fingerprint density at radius 3 is 2.50 bits per heavy atom. The zero-order valence-electron chi connectivity index (χ0n) is 5.84. The molecule has 10 heavy (non-hydrogen) atoms. The zero-order chi connectivity index (χ0) is 7.78. The Kier molecular flexibility index (Phi) is 1.94. The van der Waals surface area contributed by atoms with Gasteiger partial charge in [-0.3, -0.25) is 0 Å². The molecule has 4 heteroatoms. The summed E-state index contributed by atoms with van der Waals surface area (Å²) in [4.78, 5) is 3.72. The van der Waals surface area contributed by atoms with Crippen molar-refractivity contribution in [1.82, 2.24) is 4.98 Å². The Balaban J connectivity index is 3.07. The van der Waals surface area contributed by atoms with E-state index in [1.54, 1.807) is 20.0 Å². The van der Waals surface area contributed by atoms with Crippen molar-refractivity contribution in [1.29, 1.82) is 0 Å². The van der Waals surface area contributed by atoms with Gasteiger partial charge in [-0.25, -0.2) is 0 Å². The molecule has 0 aromatic carbocycles. The normalized spacial score (nSPS) is 11.9. The van der Waals surface area contributed by atoms with Crippen LogP contribution in [-0.2, 0) is 5.60 Å². The van der Waals surface area contributed by atoms with Gasteiger partial charge in [0.1, 0.15) is 0 Å². The fraction of sp³-hybridized carbons (Fsp3) is 0.500. The van der Waals surface area contributed by atoms with Crippen molar-refractivity contribution in [3.8, 4) is 0 Å². The van der Waals surface area contributed by atoms with Crippen LogP contribution in [0.3, 0.4) is 0 Å². The summed E-state index contributed by atoms with van der Waals surface area (Å²) in [7, 11) is 0.